The second-order valence-electron chi connectivity index (χ2n) is 6.31. The lowest BCUT2D eigenvalue weighted by Gasteiger charge is -2.27. The predicted octanol–water partition coefficient (Wildman–Crippen LogP) is 2.26. The average molecular weight is 298 g/mol. The fourth-order valence-corrected chi connectivity index (χ4v) is 3.33. The summed E-state index contributed by atoms with van der Waals surface area (Å²) in [4.78, 5) is 0. The van der Waals surface area contributed by atoms with Gasteiger partial charge in [0.25, 0.3) is 0 Å². The molecule has 0 radical (unpaired) electrons. The molecule has 4 nitrogen and oxygen atoms in total. The third kappa shape index (κ3) is 5.61. The Morgan fingerprint density at radius 2 is 1.80 bits per heavy atom. The van der Waals surface area contributed by atoms with E-state index in [-0.39, 0.29) is 17.2 Å². The van der Waals surface area contributed by atoms with Crippen molar-refractivity contribution >= 4 is 10.0 Å². The van der Waals surface area contributed by atoms with Crippen LogP contribution in [0, 0.1) is 5.41 Å². The van der Waals surface area contributed by atoms with Gasteiger partial charge in [0.15, 0.2) is 0 Å². The van der Waals surface area contributed by atoms with E-state index in [9.17, 15) is 8.42 Å². The standard InChI is InChI=1S/C15H26N2O2S/c1-12(15(2,3)4)17-20(18,19)11-14-8-6-7-13(9-14)10-16-5/h6-9,12,16-17H,10-11H2,1-5H3. The van der Waals surface area contributed by atoms with Crippen molar-refractivity contribution in [2.75, 3.05) is 7.05 Å². The van der Waals surface area contributed by atoms with Crippen molar-refractivity contribution in [3.05, 3.63) is 35.4 Å². The van der Waals surface area contributed by atoms with Gasteiger partial charge < -0.3 is 5.32 Å². The lowest BCUT2D eigenvalue weighted by Crippen LogP contribution is -2.41. The minimum atomic E-state index is -3.32. The molecule has 0 aliphatic heterocycles. The van der Waals surface area contributed by atoms with Gasteiger partial charge in [-0.3, -0.25) is 0 Å². The normalized spacial score (nSPS) is 14.2. The summed E-state index contributed by atoms with van der Waals surface area (Å²) in [6.45, 7) is 8.70. The maximum Gasteiger partial charge on any atom is 0.216 e. The van der Waals surface area contributed by atoms with Crippen molar-refractivity contribution < 1.29 is 8.42 Å². The summed E-state index contributed by atoms with van der Waals surface area (Å²) < 4.78 is 27.2. The zero-order chi connectivity index (χ0) is 15.4. The summed E-state index contributed by atoms with van der Waals surface area (Å²) in [6.07, 6.45) is 0. The van der Waals surface area contributed by atoms with Gasteiger partial charge in [-0.05, 0) is 30.5 Å². The molecule has 0 heterocycles. The molecule has 0 fully saturated rings. The molecule has 1 aromatic carbocycles. The molecule has 1 unspecified atom stereocenters. The zero-order valence-electron chi connectivity index (χ0n) is 13.0. The van der Waals surface area contributed by atoms with Crippen LogP contribution in [0.5, 0.6) is 0 Å². The second kappa shape index (κ2) is 6.70. The summed E-state index contributed by atoms with van der Waals surface area (Å²) in [7, 11) is -1.45. The third-order valence-electron chi connectivity index (χ3n) is 3.38. The first kappa shape index (κ1) is 17.1. The monoisotopic (exact) mass is 298 g/mol. The molecule has 0 bridgehead atoms. The smallest absolute Gasteiger partial charge is 0.216 e. The van der Waals surface area contributed by atoms with E-state index in [1.54, 1.807) is 0 Å². The average Bonchev–Trinajstić information content (AvgIpc) is 2.27. The van der Waals surface area contributed by atoms with Gasteiger partial charge in [-0.2, -0.15) is 0 Å². The summed E-state index contributed by atoms with van der Waals surface area (Å²) in [6, 6.07) is 7.55. The largest absolute Gasteiger partial charge is 0.316 e. The molecular formula is C15H26N2O2S. The number of benzene rings is 1. The van der Waals surface area contributed by atoms with Crippen LogP contribution < -0.4 is 10.0 Å². The highest BCUT2D eigenvalue weighted by atomic mass is 32.2. The molecule has 1 rings (SSSR count). The quantitative estimate of drug-likeness (QED) is 0.847. The molecular weight excluding hydrogens is 272 g/mol. The number of rotatable bonds is 6. The van der Waals surface area contributed by atoms with Crippen LogP contribution in [-0.4, -0.2) is 21.5 Å². The van der Waals surface area contributed by atoms with Gasteiger partial charge in [-0.25, -0.2) is 13.1 Å². The molecule has 0 spiro atoms. The van der Waals surface area contributed by atoms with Gasteiger partial charge in [0, 0.05) is 12.6 Å². The van der Waals surface area contributed by atoms with Gasteiger partial charge in [-0.15, -0.1) is 0 Å². The Kier molecular flexibility index (Phi) is 5.74. The first-order chi connectivity index (χ1) is 9.14. The number of nitrogens with one attached hydrogen (secondary N) is 2. The van der Waals surface area contributed by atoms with Crippen LogP contribution >= 0.6 is 0 Å². The van der Waals surface area contributed by atoms with Crippen molar-refractivity contribution in [3.8, 4) is 0 Å². The fourth-order valence-electron chi connectivity index (χ4n) is 1.74. The van der Waals surface area contributed by atoms with Crippen molar-refractivity contribution in [1.29, 1.82) is 0 Å². The Bertz CT molecular complexity index is 533. The molecule has 1 atom stereocenters. The Labute approximate surface area is 123 Å². The highest BCUT2D eigenvalue weighted by molar-refractivity contribution is 7.88. The van der Waals surface area contributed by atoms with Gasteiger partial charge in [0.1, 0.15) is 0 Å². The lowest BCUT2D eigenvalue weighted by molar-refractivity contribution is 0.317. The molecule has 5 heteroatoms. The number of hydrogen-bond acceptors (Lipinski definition) is 3. The van der Waals surface area contributed by atoms with Gasteiger partial charge in [0.05, 0.1) is 5.75 Å². The SMILES string of the molecule is CNCc1cccc(CS(=O)(=O)NC(C)C(C)(C)C)c1. The van der Waals surface area contributed by atoms with Crippen molar-refractivity contribution in [3.63, 3.8) is 0 Å². The van der Waals surface area contributed by atoms with E-state index in [2.05, 4.69) is 10.0 Å². The van der Waals surface area contributed by atoms with Crippen LogP contribution in [0.2, 0.25) is 0 Å². The topological polar surface area (TPSA) is 58.2 Å². The van der Waals surface area contributed by atoms with Crippen molar-refractivity contribution in [2.24, 2.45) is 5.41 Å². The molecule has 0 saturated carbocycles. The highest BCUT2D eigenvalue weighted by Gasteiger charge is 2.24. The lowest BCUT2D eigenvalue weighted by atomic mass is 9.89. The van der Waals surface area contributed by atoms with Crippen LogP contribution in [0.1, 0.15) is 38.8 Å². The van der Waals surface area contributed by atoms with E-state index < -0.39 is 10.0 Å². The Hall–Kier alpha value is -0.910. The predicted molar refractivity (Wildman–Crippen MR) is 83.9 cm³/mol. The maximum absolute atomic E-state index is 12.2. The highest BCUT2D eigenvalue weighted by Crippen LogP contribution is 2.20. The zero-order valence-corrected chi connectivity index (χ0v) is 13.8. The fraction of sp³-hybridized carbons (Fsp3) is 0.600. The maximum atomic E-state index is 12.2. The number of hydrogen-bond donors (Lipinski definition) is 2. The van der Waals surface area contributed by atoms with Crippen LogP contribution in [0.25, 0.3) is 0 Å². The van der Waals surface area contributed by atoms with Crippen LogP contribution in [0.15, 0.2) is 24.3 Å². The van der Waals surface area contributed by atoms with E-state index >= 15 is 0 Å². The summed E-state index contributed by atoms with van der Waals surface area (Å²) in [5.74, 6) is 0.0188. The first-order valence-corrected chi connectivity index (χ1v) is 8.52. The van der Waals surface area contributed by atoms with Gasteiger partial charge >= 0.3 is 0 Å². The Balaban J connectivity index is 2.78. The molecule has 0 saturated heterocycles. The third-order valence-corrected chi connectivity index (χ3v) is 4.81. The molecule has 0 aromatic heterocycles. The molecule has 2 N–H and O–H groups in total. The van der Waals surface area contributed by atoms with Crippen LogP contribution in [0.3, 0.4) is 0 Å². The van der Waals surface area contributed by atoms with Crippen molar-refractivity contribution in [1.82, 2.24) is 10.0 Å². The molecule has 114 valence electrons. The minimum Gasteiger partial charge on any atom is -0.316 e. The Morgan fingerprint density at radius 1 is 1.20 bits per heavy atom. The summed E-state index contributed by atoms with van der Waals surface area (Å²) >= 11 is 0. The number of sulfonamides is 1. The van der Waals surface area contributed by atoms with Gasteiger partial charge in [-0.1, -0.05) is 45.0 Å². The molecule has 20 heavy (non-hydrogen) atoms. The Morgan fingerprint density at radius 3 is 2.35 bits per heavy atom. The van der Waals surface area contributed by atoms with E-state index in [1.807, 2.05) is 59.0 Å². The van der Waals surface area contributed by atoms with E-state index in [0.29, 0.717) is 0 Å². The van der Waals surface area contributed by atoms with E-state index in [4.69, 9.17) is 0 Å². The minimum absolute atomic E-state index is 0.0188. The van der Waals surface area contributed by atoms with Crippen molar-refractivity contribution in [2.45, 2.75) is 46.0 Å². The van der Waals surface area contributed by atoms with E-state index in [1.165, 1.54) is 0 Å². The molecule has 0 amide bonds. The molecule has 1 aromatic rings. The van der Waals surface area contributed by atoms with E-state index in [0.717, 1.165) is 17.7 Å². The van der Waals surface area contributed by atoms with Crippen LogP contribution in [0.4, 0.5) is 0 Å². The first-order valence-electron chi connectivity index (χ1n) is 6.86. The second-order valence-corrected chi connectivity index (χ2v) is 8.07. The molecule has 0 aliphatic rings. The van der Waals surface area contributed by atoms with Crippen LogP contribution in [-0.2, 0) is 22.3 Å². The van der Waals surface area contributed by atoms with Gasteiger partial charge in [0.2, 0.25) is 10.0 Å². The molecule has 0 aliphatic carbocycles. The summed E-state index contributed by atoms with van der Waals surface area (Å²) in [5, 5.41) is 3.06. The summed E-state index contributed by atoms with van der Waals surface area (Å²) in [5.41, 5.74) is 1.80.